The second-order valence-corrected chi connectivity index (χ2v) is 8.73. The van der Waals surface area contributed by atoms with E-state index >= 15 is 0 Å². The zero-order valence-corrected chi connectivity index (χ0v) is 9.67. The van der Waals surface area contributed by atoms with E-state index in [1.54, 1.807) is 0 Å². The number of allylic oxidation sites excluding steroid dienone is 4. The minimum Gasteiger partial charge on any atom is -0.0419 e. The van der Waals surface area contributed by atoms with E-state index in [4.69, 9.17) is 22.4 Å². The van der Waals surface area contributed by atoms with Gasteiger partial charge >= 0.3 is 0 Å². The van der Waals surface area contributed by atoms with Gasteiger partial charge in [-0.05, 0) is 78.2 Å². The van der Waals surface area contributed by atoms with Crippen molar-refractivity contribution in [3.8, 4) is 0 Å². The molecule has 0 nitrogen and oxygen atoms in total. The summed E-state index contributed by atoms with van der Waals surface area (Å²) < 4.78 is 0. The molecule has 3 heteroatoms. The van der Waals surface area contributed by atoms with E-state index in [-0.39, 0.29) is 0 Å². The van der Waals surface area contributed by atoms with Gasteiger partial charge in [-0.3, -0.25) is 0 Å². The number of hydrogen-bond donors (Lipinski definition) is 0. The summed E-state index contributed by atoms with van der Waals surface area (Å²) in [6, 6.07) is 0. The fourth-order valence-corrected chi connectivity index (χ4v) is 4.23. The van der Waals surface area contributed by atoms with Crippen molar-refractivity contribution in [1.29, 1.82) is 0 Å². The normalized spacial score (nSPS) is 23.3. The van der Waals surface area contributed by atoms with Gasteiger partial charge in [-0.25, -0.2) is 0 Å². The van der Waals surface area contributed by atoms with Gasteiger partial charge in [-0.1, -0.05) is 0 Å². The summed E-state index contributed by atoms with van der Waals surface area (Å²) in [4.78, 5) is 2.50. The minimum atomic E-state index is -1.38. The molecule has 1 heterocycles. The Hall–Kier alpha value is 0.270. The average molecular weight is 204 g/mol. The maximum Gasteiger partial charge on any atom is -0.00238 e. The molecular weight excluding hydrogens is 192 g/mol. The van der Waals surface area contributed by atoms with E-state index in [2.05, 4.69) is 27.7 Å². The van der Waals surface area contributed by atoms with Gasteiger partial charge in [0.05, 0.1) is 0 Å². The van der Waals surface area contributed by atoms with Crippen LogP contribution in [0.1, 0.15) is 27.7 Å². The third-order valence-corrected chi connectivity index (χ3v) is 7.65. The monoisotopic (exact) mass is 204 g/mol. The molecule has 1 rings (SSSR count). The third kappa shape index (κ3) is 1.19. The summed E-state index contributed by atoms with van der Waals surface area (Å²) in [7, 11) is -1.38. The van der Waals surface area contributed by atoms with E-state index in [0.717, 1.165) is 0 Å². The van der Waals surface area contributed by atoms with E-state index in [9.17, 15) is 0 Å². The minimum absolute atomic E-state index is 1.25. The Morgan fingerprint density at radius 2 is 1.09 bits per heavy atom. The molecule has 0 saturated heterocycles. The highest BCUT2D eigenvalue weighted by Gasteiger charge is 2.20. The molecule has 0 aliphatic carbocycles. The van der Waals surface area contributed by atoms with Crippen molar-refractivity contribution in [2.24, 2.45) is 0 Å². The molecule has 0 radical (unpaired) electrons. The topological polar surface area (TPSA) is 0 Å². The van der Waals surface area contributed by atoms with Crippen LogP contribution in [0.15, 0.2) is 21.0 Å². The van der Waals surface area contributed by atoms with Crippen molar-refractivity contribution in [3.05, 3.63) is 21.0 Å². The van der Waals surface area contributed by atoms with Crippen LogP contribution in [0.4, 0.5) is 0 Å². The first kappa shape index (κ1) is 9.36. The van der Waals surface area contributed by atoms with Crippen LogP contribution in [0, 0.1) is 0 Å². The smallest absolute Gasteiger partial charge is 0.00238 e. The fourth-order valence-electron chi connectivity index (χ4n) is 1.16. The molecule has 0 spiro atoms. The molecule has 0 aromatic rings. The molecule has 0 amide bonds. The summed E-state index contributed by atoms with van der Waals surface area (Å²) in [6.45, 7) is 8.37. The molecule has 0 aromatic carbocycles. The Kier molecular flexibility index (Phi) is 2.25. The van der Waals surface area contributed by atoms with E-state index < -0.39 is 7.15 Å². The molecule has 0 aromatic heterocycles. The van der Waals surface area contributed by atoms with Crippen LogP contribution in [-0.4, -0.2) is 0 Å². The van der Waals surface area contributed by atoms with Gasteiger partial charge in [0.15, 0.2) is 0 Å². The standard InChI is InChI=1S/C8H12S3/c1-5-6(2)8(4)11(9,10)7(5)3/h1-4H3. The fraction of sp³-hybridized carbons (Fsp3) is 0.500. The Bertz CT molecular complexity index is 323. The highest BCUT2D eigenvalue weighted by atomic mass is 33.1. The van der Waals surface area contributed by atoms with Crippen LogP contribution in [-0.2, 0) is 29.5 Å². The predicted molar refractivity (Wildman–Crippen MR) is 58.8 cm³/mol. The maximum atomic E-state index is 5.39. The van der Waals surface area contributed by atoms with Crippen LogP contribution in [0.25, 0.3) is 0 Å². The lowest BCUT2D eigenvalue weighted by Crippen LogP contribution is -1.93. The lowest BCUT2D eigenvalue weighted by molar-refractivity contribution is 1.31. The first-order valence-electron chi connectivity index (χ1n) is 3.49. The van der Waals surface area contributed by atoms with Crippen LogP contribution >= 0.6 is 0 Å². The second kappa shape index (κ2) is 2.64. The van der Waals surface area contributed by atoms with Gasteiger partial charge in [0.25, 0.3) is 0 Å². The molecule has 1 aliphatic heterocycles. The largest absolute Gasteiger partial charge is 0.0419 e. The van der Waals surface area contributed by atoms with E-state index in [1.807, 2.05) is 0 Å². The lowest BCUT2D eigenvalue weighted by Gasteiger charge is -2.04. The maximum absolute atomic E-state index is 5.39. The van der Waals surface area contributed by atoms with Gasteiger partial charge < -0.3 is 0 Å². The average Bonchev–Trinajstić information content (AvgIpc) is 2.06. The number of hydrogen-bond acceptors (Lipinski definition) is 2. The summed E-state index contributed by atoms with van der Waals surface area (Å²) in [5.41, 5.74) is 2.64. The molecule has 11 heavy (non-hydrogen) atoms. The molecule has 0 N–H and O–H groups in total. The Labute approximate surface area is 78.2 Å². The number of rotatable bonds is 0. The van der Waals surface area contributed by atoms with Crippen molar-refractivity contribution < 1.29 is 0 Å². The highest BCUT2D eigenvalue weighted by Crippen LogP contribution is 2.35. The van der Waals surface area contributed by atoms with Crippen molar-refractivity contribution in [2.45, 2.75) is 27.7 Å². The first-order valence-corrected chi connectivity index (χ1v) is 6.97. The van der Waals surface area contributed by atoms with Crippen molar-refractivity contribution in [2.75, 3.05) is 0 Å². The molecule has 62 valence electrons. The second-order valence-electron chi connectivity index (χ2n) is 2.87. The molecule has 0 unspecified atom stereocenters. The van der Waals surface area contributed by atoms with Crippen molar-refractivity contribution in [1.82, 2.24) is 0 Å². The highest BCUT2D eigenvalue weighted by molar-refractivity contribution is 8.60. The van der Waals surface area contributed by atoms with Crippen molar-refractivity contribution >= 4 is 29.5 Å². The SMILES string of the molecule is CC1=C(C)S(=S)(=S)C(C)=C1C. The zero-order valence-electron chi connectivity index (χ0n) is 7.22. The summed E-state index contributed by atoms with van der Waals surface area (Å²) in [6.07, 6.45) is 0. The Morgan fingerprint density at radius 1 is 0.818 bits per heavy atom. The van der Waals surface area contributed by atoms with Gasteiger partial charge in [-0.2, -0.15) is 0 Å². The van der Waals surface area contributed by atoms with Crippen LogP contribution in [0.5, 0.6) is 0 Å². The quantitative estimate of drug-likeness (QED) is 0.595. The summed E-state index contributed by atoms with van der Waals surface area (Å²) >= 11 is 10.8. The molecule has 1 aliphatic rings. The summed E-state index contributed by atoms with van der Waals surface area (Å²) in [5.74, 6) is 0. The van der Waals surface area contributed by atoms with Gasteiger partial charge in [-0.15, -0.1) is 0 Å². The molecule has 0 bridgehead atoms. The van der Waals surface area contributed by atoms with Crippen LogP contribution in [0.2, 0.25) is 0 Å². The van der Waals surface area contributed by atoms with Crippen LogP contribution < -0.4 is 0 Å². The van der Waals surface area contributed by atoms with Gasteiger partial charge in [0, 0.05) is 0 Å². The predicted octanol–water partition coefficient (Wildman–Crippen LogP) is 2.67. The van der Waals surface area contributed by atoms with Crippen molar-refractivity contribution in [3.63, 3.8) is 0 Å². The van der Waals surface area contributed by atoms with Crippen LogP contribution in [0.3, 0.4) is 0 Å². The molecular formula is C8H12S3. The molecule has 0 saturated carbocycles. The zero-order chi connectivity index (χ0) is 8.81. The Morgan fingerprint density at radius 3 is 1.18 bits per heavy atom. The van der Waals surface area contributed by atoms with Gasteiger partial charge in [0.2, 0.25) is 0 Å². The molecule has 0 atom stereocenters. The third-order valence-electron chi connectivity index (χ3n) is 2.42. The first-order chi connectivity index (χ1) is 4.89. The van der Waals surface area contributed by atoms with E-state index in [0.29, 0.717) is 0 Å². The Balaban J connectivity index is 3.52. The molecule has 0 fully saturated rings. The summed E-state index contributed by atoms with van der Waals surface area (Å²) in [5, 5.41) is 0. The van der Waals surface area contributed by atoms with Gasteiger partial charge in [0.1, 0.15) is 0 Å². The van der Waals surface area contributed by atoms with E-state index in [1.165, 1.54) is 21.0 Å². The lowest BCUT2D eigenvalue weighted by atomic mass is 10.1.